The van der Waals surface area contributed by atoms with Gasteiger partial charge in [-0.05, 0) is 62.6 Å². The summed E-state index contributed by atoms with van der Waals surface area (Å²) in [4.78, 5) is 30.1. The number of fused-ring (bicyclic) bond motifs is 1. The zero-order valence-corrected chi connectivity index (χ0v) is 18.2. The lowest BCUT2D eigenvalue weighted by molar-refractivity contribution is -0.126. The van der Waals surface area contributed by atoms with Crippen molar-refractivity contribution in [1.29, 1.82) is 0 Å². The van der Waals surface area contributed by atoms with Crippen LogP contribution in [0.1, 0.15) is 54.3 Å². The maximum Gasteiger partial charge on any atom is 0.257 e. The molecule has 1 aliphatic carbocycles. The predicted molar refractivity (Wildman–Crippen MR) is 119 cm³/mol. The molecule has 1 N–H and O–H groups in total. The van der Waals surface area contributed by atoms with E-state index in [9.17, 15) is 9.59 Å². The van der Waals surface area contributed by atoms with Crippen LogP contribution in [-0.2, 0) is 17.8 Å². The first-order chi connectivity index (χ1) is 15.1. The van der Waals surface area contributed by atoms with Gasteiger partial charge >= 0.3 is 0 Å². The number of furan rings is 1. The average molecular weight is 422 g/mol. The lowest BCUT2D eigenvalue weighted by Gasteiger charge is -2.32. The van der Waals surface area contributed by atoms with Gasteiger partial charge in [-0.2, -0.15) is 0 Å². The number of piperidine rings is 1. The van der Waals surface area contributed by atoms with Gasteiger partial charge in [-0.15, -0.1) is 0 Å². The van der Waals surface area contributed by atoms with Gasteiger partial charge in [0.25, 0.3) is 5.91 Å². The summed E-state index contributed by atoms with van der Waals surface area (Å²) >= 11 is 0. The highest BCUT2D eigenvalue weighted by atomic mass is 16.3. The summed E-state index contributed by atoms with van der Waals surface area (Å²) in [5.41, 5.74) is 3.18. The van der Waals surface area contributed by atoms with E-state index in [2.05, 4.69) is 41.4 Å². The number of anilines is 1. The van der Waals surface area contributed by atoms with E-state index >= 15 is 0 Å². The summed E-state index contributed by atoms with van der Waals surface area (Å²) < 4.78 is 5.78. The first-order valence-electron chi connectivity index (χ1n) is 11.6. The van der Waals surface area contributed by atoms with Gasteiger partial charge in [0.05, 0.1) is 24.3 Å². The number of carbonyl (C=O) groups excluding carboxylic acids is 2. The predicted octanol–water partition coefficient (Wildman–Crippen LogP) is 3.61. The zero-order chi connectivity index (χ0) is 21.4. The zero-order valence-electron chi connectivity index (χ0n) is 18.2. The van der Waals surface area contributed by atoms with E-state index in [-0.39, 0.29) is 17.7 Å². The average Bonchev–Trinajstić information content (AvgIpc) is 3.42. The van der Waals surface area contributed by atoms with Gasteiger partial charge in [0.2, 0.25) is 5.91 Å². The summed E-state index contributed by atoms with van der Waals surface area (Å²) in [5.74, 6) is 1.32. The molecule has 3 heterocycles. The molecule has 1 aromatic carbocycles. The van der Waals surface area contributed by atoms with Crippen LogP contribution in [0.3, 0.4) is 0 Å². The van der Waals surface area contributed by atoms with Gasteiger partial charge < -0.3 is 19.5 Å². The lowest BCUT2D eigenvalue weighted by Crippen LogP contribution is -2.46. The summed E-state index contributed by atoms with van der Waals surface area (Å²) in [6, 6.07) is 10.6. The molecule has 3 aliphatic rings. The van der Waals surface area contributed by atoms with Crippen LogP contribution < -0.4 is 10.2 Å². The fourth-order valence-electron chi connectivity index (χ4n) is 4.94. The molecule has 1 aromatic heterocycles. The normalized spacial score (nSPS) is 23.0. The molecule has 31 heavy (non-hydrogen) atoms. The molecule has 5 rings (SSSR count). The molecule has 1 saturated carbocycles. The number of nitrogens with one attached hydrogen (secondary N) is 1. The lowest BCUT2D eigenvalue weighted by atomic mass is 9.96. The van der Waals surface area contributed by atoms with Gasteiger partial charge in [-0.25, -0.2) is 0 Å². The molecular formula is C25H31N3O3. The van der Waals surface area contributed by atoms with E-state index in [0.717, 1.165) is 25.8 Å². The highest BCUT2D eigenvalue weighted by molar-refractivity contribution is 5.95. The smallest absolute Gasteiger partial charge is 0.257 e. The van der Waals surface area contributed by atoms with Gasteiger partial charge in [0.1, 0.15) is 5.76 Å². The number of amides is 2. The number of hydrogen-bond acceptors (Lipinski definition) is 4. The monoisotopic (exact) mass is 421 g/mol. The molecule has 2 aromatic rings. The Labute approximate surface area is 183 Å². The van der Waals surface area contributed by atoms with Crippen LogP contribution in [0.2, 0.25) is 0 Å². The van der Waals surface area contributed by atoms with Crippen molar-refractivity contribution in [2.45, 2.75) is 51.6 Å². The largest absolute Gasteiger partial charge is 0.467 e. The van der Waals surface area contributed by atoms with Crippen LogP contribution in [0.5, 0.6) is 0 Å². The van der Waals surface area contributed by atoms with E-state index in [4.69, 9.17) is 4.42 Å². The van der Waals surface area contributed by atoms with Crippen molar-refractivity contribution in [3.63, 3.8) is 0 Å². The fraction of sp³-hybridized carbons (Fsp3) is 0.520. The number of para-hydroxylation sites is 1. The molecule has 2 atom stereocenters. The van der Waals surface area contributed by atoms with E-state index in [1.54, 1.807) is 12.3 Å². The minimum Gasteiger partial charge on any atom is -0.467 e. The Morgan fingerprint density at radius 3 is 2.84 bits per heavy atom. The van der Waals surface area contributed by atoms with Crippen molar-refractivity contribution in [2.75, 3.05) is 24.5 Å². The number of hydrogen-bond donors (Lipinski definition) is 1. The summed E-state index contributed by atoms with van der Waals surface area (Å²) in [5, 5.41) is 3.08. The summed E-state index contributed by atoms with van der Waals surface area (Å²) in [6.07, 6.45) is 6.76. The molecule has 6 nitrogen and oxygen atoms in total. The molecule has 1 saturated heterocycles. The number of likely N-dealkylation sites (tertiary alicyclic amines) is 1. The molecule has 6 heteroatoms. The van der Waals surface area contributed by atoms with Gasteiger partial charge in [-0.3, -0.25) is 9.59 Å². The number of benzene rings is 1. The van der Waals surface area contributed by atoms with Gasteiger partial charge in [0.15, 0.2) is 0 Å². The van der Waals surface area contributed by atoms with Crippen LogP contribution in [-0.4, -0.2) is 42.4 Å². The topological polar surface area (TPSA) is 65.8 Å². The van der Waals surface area contributed by atoms with Crippen molar-refractivity contribution < 1.29 is 14.0 Å². The Morgan fingerprint density at radius 2 is 2.00 bits per heavy atom. The van der Waals surface area contributed by atoms with Crippen molar-refractivity contribution in [3.8, 4) is 0 Å². The second-order valence-electron chi connectivity index (χ2n) is 9.35. The third-order valence-corrected chi connectivity index (χ3v) is 6.98. The summed E-state index contributed by atoms with van der Waals surface area (Å²) in [6.45, 7) is 4.75. The quantitative estimate of drug-likeness (QED) is 0.774. The molecule has 0 radical (unpaired) electrons. The number of rotatable bonds is 6. The first-order valence-corrected chi connectivity index (χ1v) is 11.6. The third kappa shape index (κ3) is 4.21. The van der Waals surface area contributed by atoms with E-state index < -0.39 is 0 Å². The second kappa shape index (κ2) is 8.40. The number of carbonyl (C=O) groups is 2. The highest BCUT2D eigenvalue weighted by Crippen LogP contribution is 2.34. The molecular weight excluding hydrogens is 390 g/mol. The molecule has 2 aliphatic heterocycles. The number of nitrogens with zero attached hydrogens (tertiary/aromatic N) is 2. The molecule has 2 fully saturated rings. The van der Waals surface area contributed by atoms with Crippen molar-refractivity contribution in [1.82, 2.24) is 10.2 Å². The summed E-state index contributed by atoms with van der Waals surface area (Å²) in [7, 11) is 0. The molecule has 0 spiro atoms. The van der Waals surface area contributed by atoms with Crippen LogP contribution in [0.25, 0.3) is 0 Å². The van der Waals surface area contributed by atoms with Gasteiger partial charge in [0, 0.05) is 31.4 Å². The van der Waals surface area contributed by atoms with E-state index in [1.807, 2.05) is 4.90 Å². The Balaban J connectivity index is 1.26. The van der Waals surface area contributed by atoms with Crippen LogP contribution in [0, 0.1) is 11.8 Å². The fourth-order valence-corrected chi connectivity index (χ4v) is 4.94. The molecule has 0 bridgehead atoms. The second-order valence-corrected chi connectivity index (χ2v) is 9.35. The highest BCUT2D eigenvalue weighted by Gasteiger charge is 2.33. The maximum atomic E-state index is 13.3. The maximum absolute atomic E-state index is 13.3. The molecule has 2 amide bonds. The molecule has 164 valence electrons. The van der Waals surface area contributed by atoms with Crippen molar-refractivity contribution >= 4 is 17.5 Å². The minimum atomic E-state index is -0.114. The van der Waals surface area contributed by atoms with Crippen LogP contribution in [0.4, 0.5) is 5.69 Å². The molecule has 2 unspecified atom stereocenters. The Bertz CT molecular complexity index is 964. The van der Waals surface area contributed by atoms with E-state index in [0.29, 0.717) is 42.9 Å². The van der Waals surface area contributed by atoms with Crippen LogP contribution >= 0.6 is 0 Å². The third-order valence-electron chi connectivity index (χ3n) is 6.98. The van der Waals surface area contributed by atoms with Crippen LogP contribution in [0.15, 0.2) is 41.0 Å². The van der Waals surface area contributed by atoms with Crippen molar-refractivity contribution in [2.24, 2.45) is 11.8 Å². The SMILES string of the molecule is CC1Cc2ccccc2N1Cc1occc1C(=O)N1CCCC(C(=O)NCC2CC2)C1. The Morgan fingerprint density at radius 1 is 1.16 bits per heavy atom. The Hall–Kier alpha value is -2.76. The van der Waals surface area contributed by atoms with E-state index in [1.165, 1.54) is 24.1 Å². The Kier molecular flexibility index (Phi) is 5.47. The standard InChI is InChI=1S/C25H31N3O3/c1-17-13-19-5-2-3-7-22(19)28(17)16-23-21(10-12-31-23)25(30)27-11-4-6-20(15-27)24(29)26-14-18-8-9-18/h2-3,5,7,10,12,17-18,20H,4,6,8-9,11,13-16H2,1H3,(H,26,29). The first kappa shape index (κ1) is 20.2. The van der Waals surface area contributed by atoms with Gasteiger partial charge in [-0.1, -0.05) is 18.2 Å². The van der Waals surface area contributed by atoms with Crippen molar-refractivity contribution in [3.05, 3.63) is 53.5 Å². The minimum absolute atomic E-state index is 0.0245.